The summed E-state index contributed by atoms with van der Waals surface area (Å²) in [5.41, 5.74) is 0.596. The molecule has 0 aromatic heterocycles. The van der Waals surface area contributed by atoms with E-state index >= 15 is 0 Å². The summed E-state index contributed by atoms with van der Waals surface area (Å²) in [7, 11) is -2.30. The lowest BCUT2D eigenvalue weighted by Gasteiger charge is -2.21. The van der Waals surface area contributed by atoms with Gasteiger partial charge < -0.3 is 13.6 Å². The van der Waals surface area contributed by atoms with Crippen molar-refractivity contribution in [3.8, 4) is 0 Å². The van der Waals surface area contributed by atoms with Gasteiger partial charge in [0.1, 0.15) is 0 Å². The van der Waals surface area contributed by atoms with E-state index in [-0.39, 0.29) is 112 Å². The lowest BCUT2D eigenvalue weighted by molar-refractivity contribution is 0.144. The molecule has 0 bridgehead atoms. The van der Waals surface area contributed by atoms with Gasteiger partial charge in [0.2, 0.25) is 0 Å². The molecule has 218 valence electrons. The number of rotatable bonds is 9. The molecule has 0 atom stereocenters. The van der Waals surface area contributed by atoms with Crippen LogP contribution in [0.15, 0.2) is 0 Å². The molecule has 0 spiro atoms. The van der Waals surface area contributed by atoms with Gasteiger partial charge in [-0.05, 0) is 0 Å². The zero-order chi connectivity index (χ0) is 30.2. The Hall–Kier alpha value is 2.32. The van der Waals surface area contributed by atoms with Crippen molar-refractivity contribution in [3.63, 3.8) is 0 Å². The Morgan fingerprint density at radius 1 is 0.275 bits per heavy atom. The molecule has 3 nitrogen and oxygen atoms in total. The van der Waals surface area contributed by atoms with Crippen molar-refractivity contribution in [1.29, 1.82) is 0 Å². The van der Waals surface area contributed by atoms with E-state index in [0.29, 0.717) is 0 Å². The van der Waals surface area contributed by atoms with Crippen LogP contribution in [0.25, 0.3) is 0 Å². The second kappa shape index (κ2) is 15.7. The molecule has 0 N–H and O–H groups in total. The summed E-state index contributed by atoms with van der Waals surface area (Å²) in [4.78, 5) is 0. The molecule has 0 saturated carbocycles. The lowest BCUT2D eigenvalue weighted by Crippen LogP contribution is -2.02. The Morgan fingerprint density at radius 2 is 0.425 bits per heavy atom. The average molecular weight is 869 g/mol. The number of hydrogen-bond donors (Lipinski definition) is 0. The normalized spacial score (nSPS) is 11.7. The smallest absolute Gasteiger partial charge is 0.307 e. The second-order valence-corrected chi connectivity index (χ2v) is 14.1. The molecule has 0 fully saturated rings. The predicted octanol–water partition coefficient (Wildman–Crippen LogP) is 15.7. The molecule has 0 heterocycles. The molecule has 0 aliphatic rings. The Kier molecular flexibility index (Phi) is 14.5. The number of benzene rings is 3. The largest absolute Gasteiger partial charge is 0.333 e. The quantitative estimate of drug-likeness (QED) is 0.122. The molecular formula is C21H6Cl15O3P. The highest BCUT2D eigenvalue weighted by molar-refractivity contribution is 7.41. The van der Waals surface area contributed by atoms with Crippen LogP contribution in [-0.2, 0) is 33.4 Å². The van der Waals surface area contributed by atoms with Gasteiger partial charge >= 0.3 is 8.60 Å². The van der Waals surface area contributed by atoms with E-state index in [2.05, 4.69) is 0 Å². The summed E-state index contributed by atoms with van der Waals surface area (Å²) in [6.45, 7) is -0.895. The van der Waals surface area contributed by atoms with Gasteiger partial charge in [0.15, 0.2) is 0 Å². The molecule has 19 heteroatoms. The minimum Gasteiger partial charge on any atom is -0.307 e. The van der Waals surface area contributed by atoms with Crippen LogP contribution in [-0.4, -0.2) is 0 Å². The summed E-state index contributed by atoms with van der Waals surface area (Å²) in [5, 5.41) is -0.275. The Bertz CT molecular complexity index is 1220. The van der Waals surface area contributed by atoms with Crippen LogP contribution < -0.4 is 0 Å². The monoisotopic (exact) mass is 862 g/mol. The SMILES string of the molecule is Clc1c(Cl)c(Cl)c(COP(OCc2c(Cl)c(Cl)c(Cl)c(Cl)c2Cl)OCc2c(Cl)c(Cl)c(Cl)c(Cl)c2Cl)c(Cl)c1Cl. The van der Waals surface area contributed by atoms with E-state index in [1.54, 1.807) is 0 Å². The average Bonchev–Trinajstić information content (AvgIpc) is 2.94. The Labute approximate surface area is 304 Å². The fraction of sp³-hybridized carbons (Fsp3) is 0.143. The first-order chi connectivity index (χ1) is 18.6. The summed E-state index contributed by atoms with van der Waals surface area (Å²) < 4.78 is 17.5. The molecule has 0 unspecified atom stereocenters. The topological polar surface area (TPSA) is 27.7 Å². The van der Waals surface area contributed by atoms with Gasteiger partial charge in [-0.2, -0.15) is 0 Å². The third kappa shape index (κ3) is 7.81. The highest BCUT2D eigenvalue weighted by atomic mass is 35.5. The van der Waals surface area contributed by atoms with Crippen molar-refractivity contribution < 1.29 is 13.6 Å². The molecule has 0 amide bonds. The maximum Gasteiger partial charge on any atom is 0.333 e. The van der Waals surface area contributed by atoms with E-state index in [9.17, 15) is 0 Å². The van der Waals surface area contributed by atoms with E-state index in [1.165, 1.54) is 0 Å². The fourth-order valence-electron chi connectivity index (χ4n) is 2.79. The third-order valence-electron chi connectivity index (χ3n) is 4.85. The number of halogens is 15. The van der Waals surface area contributed by atoms with Crippen LogP contribution in [0.4, 0.5) is 0 Å². The number of hydrogen-bond acceptors (Lipinski definition) is 3. The highest BCUT2D eigenvalue weighted by Gasteiger charge is 2.26. The van der Waals surface area contributed by atoms with Gasteiger partial charge in [-0.15, -0.1) is 0 Å². The van der Waals surface area contributed by atoms with Crippen LogP contribution in [0.3, 0.4) is 0 Å². The zero-order valence-corrected chi connectivity index (χ0v) is 30.7. The molecule has 3 aromatic carbocycles. The van der Waals surface area contributed by atoms with Crippen LogP contribution >= 0.6 is 183 Å². The minimum absolute atomic E-state index is 0.000671. The van der Waals surface area contributed by atoms with E-state index < -0.39 is 8.60 Å². The van der Waals surface area contributed by atoms with Crippen molar-refractivity contribution in [2.45, 2.75) is 19.8 Å². The van der Waals surface area contributed by atoms with Crippen molar-refractivity contribution in [2.24, 2.45) is 0 Å². The Morgan fingerprint density at radius 3 is 0.600 bits per heavy atom. The summed E-state index contributed by atoms with van der Waals surface area (Å²) in [5.74, 6) is 0. The highest BCUT2D eigenvalue weighted by Crippen LogP contribution is 2.51. The van der Waals surface area contributed by atoms with Gasteiger partial charge in [-0.3, -0.25) is 0 Å². The maximum absolute atomic E-state index is 6.32. The first-order valence-corrected chi connectivity index (χ1v) is 16.6. The van der Waals surface area contributed by atoms with E-state index in [4.69, 9.17) is 188 Å². The molecule has 3 aromatic rings. The van der Waals surface area contributed by atoms with Crippen molar-refractivity contribution in [2.75, 3.05) is 0 Å². The molecule has 40 heavy (non-hydrogen) atoms. The van der Waals surface area contributed by atoms with Crippen molar-refractivity contribution in [3.05, 3.63) is 92.0 Å². The molecular weight excluding hydrogens is 863 g/mol. The van der Waals surface area contributed by atoms with E-state index in [1.807, 2.05) is 0 Å². The van der Waals surface area contributed by atoms with Crippen LogP contribution in [0.1, 0.15) is 16.7 Å². The molecule has 3 rings (SSSR count). The molecule has 0 aliphatic carbocycles. The van der Waals surface area contributed by atoms with Crippen LogP contribution in [0.5, 0.6) is 0 Å². The second-order valence-electron chi connectivity index (χ2n) is 7.19. The summed E-state index contributed by atoms with van der Waals surface area (Å²) in [6, 6.07) is 0. The Balaban J connectivity index is 1.94. The van der Waals surface area contributed by atoms with Gasteiger partial charge in [0.25, 0.3) is 0 Å². The van der Waals surface area contributed by atoms with Gasteiger partial charge in [-0.25, -0.2) is 0 Å². The first kappa shape index (κ1) is 36.8. The molecule has 0 radical (unpaired) electrons. The van der Waals surface area contributed by atoms with Gasteiger partial charge in [0.05, 0.1) is 95.2 Å². The summed E-state index contributed by atoms with van der Waals surface area (Å²) >= 11 is 93.1. The summed E-state index contributed by atoms with van der Waals surface area (Å²) in [6.07, 6.45) is 0. The first-order valence-electron chi connectivity index (χ1n) is 9.81. The zero-order valence-electron chi connectivity index (χ0n) is 18.5. The fourth-order valence-corrected chi connectivity index (χ4v) is 7.58. The lowest BCUT2D eigenvalue weighted by atomic mass is 10.2. The molecule has 0 saturated heterocycles. The third-order valence-corrected chi connectivity index (χ3v) is 12.9. The standard InChI is InChI=1S/C21H6Cl15O3P/c22-7-4(8(23)14(29)19(34)13(7)28)1-37-40(38-2-5-9(24)15(30)20(35)16(31)10(5)25)39-3-6-11(26)17(32)21(36)18(33)12(6)27/h1-3H2. The van der Waals surface area contributed by atoms with Gasteiger partial charge in [-0.1, -0.05) is 174 Å². The van der Waals surface area contributed by atoms with Crippen LogP contribution in [0, 0.1) is 0 Å². The van der Waals surface area contributed by atoms with Gasteiger partial charge in [0, 0.05) is 16.7 Å². The molecule has 0 aliphatic heterocycles. The van der Waals surface area contributed by atoms with Crippen molar-refractivity contribution >= 4 is 183 Å². The minimum atomic E-state index is -2.30. The maximum atomic E-state index is 6.32. The predicted molar refractivity (Wildman–Crippen MR) is 176 cm³/mol. The van der Waals surface area contributed by atoms with Crippen LogP contribution in [0.2, 0.25) is 75.3 Å². The van der Waals surface area contributed by atoms with Crippen molar-refractivity contribution in [1.82, 2.24) is 0 Å². The van der Waals surface area contributed by atoms with E-state index in [0.717, 1.165) is 0 Å².